The van der Waals surface area contributed by atoms with E-state index in [1.807, 2.05) is 24.3 Å². The van der Waals surface area contributed by atoms with Crippen LogP contribution < -0.4 is 10.1 Å². The van der Waals surface area contributed by atoms with Gasteiger partial charge in [-0.2, -0.15) is 5.26 Å². The zero-order valence-corrected chi connectivity index (χ0v) is 13.2. The number of benzene rings is 1. The Hall–Kier alpha value is -2.06. The van der Waals surface area contributed by atoms with Crippen LogP contribution in [0.15, 0.2) is 24.3 Å². The average molecular weight is 314 g/mol. The molecule has 1 aromatic carbocycles. The minimum absolute atomic E-state index is 0.111. The van der Waals surface area contributed by atoms with Gasteiger partial charge in [0.05, 0.1) is 19.3 Å². The molecule has 2 fully saturated rings. The largest absolute Gasteiger partial charge is 0.488 e. The van der Waals surface area contributed by atoms with E-state index in [1.54, 1.807) is 0 Å². The molecule has 1 aliphatic carbocycles. The predicted octanol–water partition coefficient (Wildman–Crippen LogP) is 3.27. The topological polar surface area (TPSA) is 71.4 Å². The molecule has 2 aliphatic rings. The molecule has 1 N–H and O–H groups in total. The maximum Gasteiger partial charge on any atom is 0.244 e. The van der Waals surface area contributed by atoms with E-state index in [-0.39, 0.29) is 12.0 Å². The minimum Gasteiger partial charge on any atom is -0.488 e. The van der Waals surface area contributed by atoms with E-state index in [2.05, 4.69) is 11.4 Å². The van der Waals surface area contributed by atoms with Gasteiger partial charge in [-0.15, -0.1) is 0 Å². The summed E-state index contributed by atoms with van der Waals surface area (Å²) in [5, 5.41) is 12.3. The van der Waals surface area contributed by atoms with Crippen molar-refractivity contribution in [3.63, 3.8) is 0 Å². The van der Waals surface area contributed by atoms with Crippen LogP contribution in [0.3, 0.4) is 0 Å². The van der Waals surface area contributed by atoms with Crippen LogP contribution >= 0.6 is 0 Å². The third-order valence-corrected chi connectivity index (χ3v) is 4.66. The van der Waals surface area contributed by atoms with Crippen molar-refractivity contribution in [3.8, 4) is 11.8 Å². The molecule has 5 nitrogen and oxygen atoms in total. The van der Waals surface area contributed by atoms with E-state index >= 15 is 0 Å². The second-order valence-electron chi connectivity index (χ2n) is 6.34. The van der Waals surface area contributed by atoms with Crippen molar-refractivity contribution >= 4 is 11.6 Å². The maximum absolute atomic E-state index is 12.5. The summed E-state index contributed by atoms with van der Waals surface area (Å²) in [5.41, 5.74) is -0.167. The molecule has 0 radical (unpaired) electrons. The summed E-state index contributed by atoms with van der Waals surface area (Å²) >= 11 is 0. The average Bonchev–Trinajstić information content (AvgIpc) is 3.10. The Labute approximate surface area is 136 Å². The monoisotopic (exact) mass is 314 g/mol. The van der Waals surface area contributed by atoms with E-state index in [0.29, 0.717) is 25.1 Å². The summed E-state index contributed by atoms with van der Waals surface area (Å²) in [7, 11) is 0. The molecular weight excluding hydrogens is 292 g/mol. The first kappa shape index (κ1) is 15.8. The lowest BCUT2D eigenvalue weighted by atomic mass is 9.74. The lowest BCUT2D eigenvalue weighted by Gasteiger charge is -2.29. The van der Waals surface area contributed by atoms with Gasteiger partial charge in [-0.3, -0.25) is 4.79 Å². The molecule has 1 atom stereocenters. The van der Waals surface area contributed by atoms with Crippen LogP contribution in [0.25, 0.3) is 0 Å². The normalized spacial score (nSPS) is 23.0. The van der Waals surface area contributed by atoms with Gasteiger partial charge in [0.25, 0.3) is 0 Å². The van der Waals surface area contributed by atoms with Gasteiger partial charge in [0, 0.05) is 12.1 Å². The van der Waals surface area contributed by atoms with Gasteiger partial charge in [0.1, 0.15) is 17.3 Å². The van der Waals surface area contributed by atoms with Gasteiger partial charge >= 0.3 is 0 Å². The molecule has 0 bridgehead atoms. The number of ether oxygens (including phenoxy) is 2. The van der Waals surface area contributed by atoms with Crippen LogP contribution in [0.1, 0.15) is 38.5 Å². The third kappa shape index (κ3) is 3.65. The summed E-state index contributed by atoms with van der Waals surface area (Å²) in [6.07, 6.45) is 5.31. The molecule has 0 spiro atoms. The van der Waals surface area contributed by atoms with Crippen molar-refractivity contribution in [2.45, 2.75) is 44.6 Å². The highest BCUT2D eigenvalue weighted by molar-refractivity contribution is 5.97. The summed E-state index contributed by atoms with van der Waals surface area (Å²) in [6, 6.07) is 9.56. The molecule has 1 heterocycles. The fourth-order valence-electron chi connectivity index (χ4n) is 3.21. The zero-order chi connectivity index (χ0) is 16.1. The van der Waals surface area contributed by atoms with Gasteiger partial charge < -0.3 is 14.8 Å². The molecule has 1 amide bonds. The van der Waals surface area contributed by atoms with E-state index < -0.39 is 5.41 Å². The summed E-state index contributed by atoms with van der Waals surface area (Å²) in [4.78, 5) is 12.5. The number of hydrogen-bond acceptors (Lipinski definition) is 4. The SMILES string of the molecule is N#CC1(C(=O)Nc2ccc(OC3CCOC3)cc2)CCCCC1. The molecule has 122 valence electrons. The number of nitrogens with zero attached hydrogens (tertiary/aromatic N) is 1. The third-order valence-electron chi connectivity index (χ3n) is 4.66. The zero-order valence-electron chi connectivity index (χ0n) is 13.2. The highest BCUT2D eigenvalue weighted by Crippen LogP contribution is 2.36. The summed E-state index contributed by atoms with van der Waals surface area (Å²) in [6.45, 7) is 1.37. The molecule has 0 aromatic heterocycles. The van der Waals surface area contributed by atoms with Crippen LogP contribution in [0.4, 0.5) is 5.69 Å². The smallest absolute Gasteiger partial charge is 0.244 e. The Bertz CT molecular complexity index is 579. The van der Waals surface area contributed by atoms with Crippen molar-refractivity contribution in [2.75, 3.05) is 18.5 Å². The van der Waals surface area contributed by atoms with E-state index in [1.165, 1.54) is 0 Å². The standard InChI is InChI=1S/C18H22N2O3/c19-13-18(9-2-1-3-10-18)17(21)20-14-4-6-15(7-5-14)23-16-8-11-22-12-16/h4-7,16H,1-3,8-12H2,(H,20,21). The molecule has 1 saturated heterocycles. The van der Waals surface area contributed by atoms with Gasteiger partial charge in [-0.25, -0.2) is 0 Å². The first-order chi connectivity index (χ1) is 11.2. The number of nitriles is 1. The minimum atomic E-state index is -0.866. The van der Waals surface area contributed by atoms with Gasteiger partial charge in [-0.1, -0.05) is 19.3 Å². The molecule has 1 aromatic rings. The molecule has 1 unspecified atom stereocenters. The first-order valence-corrected chi connectivity index (χ1v) is 8.29. The predicted molar refractivity (Wildman–Crippen MR) is 86.1 cm³/mol. The number of hydrogen-bond donors (Lipinski definition) is 1. The van der Waals surface area contributed by atoms with E-state index in [0.717, 1.165) is 38.0 Å². The molecule has 23 heavy (non-hydrogen) atoms. The van der Waals surface area contributed by atoms with E-state index in [4.69, 9.17) is 9.47 Å². The highest BCUT2D eigenvalue weighted by Gasteiger charge is 2.39. The Morgan fingerprint density at radius 2 is 2.00 bits per heavy atom. The fraction of sp³-hybridized carbons (Fsp3) is 0.556. The number of rotatable bonds is 4. The van der Waals surface area contributed by atoms with Crippen molar-refractivity contribution < 1.29 is 14.3 Å². The number of anilines is 1. The van der Waals surface area contributed by atoms with Gasteiger partial charge in [0.15, 0.2) is 0 Å². The van der Waals surface area contributed by atoms with Crippen molar-refractivity contribution in [3.05, 3.63) is 24.3 Å². The van der Waals surface area contributed by atoms with Crippen molar-refractivity contribution in [1.82, 2.24) is 0 Å². The summed E-state index contributed by atoms with van der Waals surface area (Å²) in [5.74, 6) is 0.587. The fourth-order valence-corrected chi connectivity index (χ4v) is 3.21. The first-order valence-electron chi connectivity index (χ1n) is 8.29. The lowest BCUT2D eigenvalue weighted by Crippen LogP contribution is -2.36. The summed E-state index contributed by atoms with van der Waals surface area (Å²) < 4.78 is 11.1. The van der Waals surface area contributed by atoms with Crippen LogP contribution in [0.5, 0.6) is 5.75 Å². The van der Waals surface area contributed by atoms with Gasteiger partial charge in [-0.05, 0) is 37.1 Å². The quantitative estimate of drug-likeness (QED) is 0.926. The Morgan fingerprint density at radius 3 is 2.61 bits per heavy atom. The second kappa shape index (κ2) is 7.01. The Balaban J connectivity index is 1.61. The molecule has 5 heteroatoms. The number of carbonyl (C=O) groups is 1. The molecule has 1 saturated carbocycles. The van der Waals surface area contributed by atoms with Crippen molar-refractivity contribution in [1.29, 1.82) is 5.26 Å². The second-order valence-corrected chi connectivity index (χ2v) is 6.34. The van der Waals surface area contributed by atoms with Crippen molar-refractivity contribution in [2.24, 2.45) is 5.41 Å². The Kier molecular flexibility index (Phi) is 4.82. The van der Waals surface area contributed by atoms with Gasteiger partial charge in [0.2, 0.25) is 5.91 Å². The van der Waals surface area contributed by atoms with Crippen LogP contribution in [-0.2, 0) is 9.53 Å². The number of amides is 1. The van der Waals surface area contributed by atoms with Crippen LogP contribution in [0, 0.1) is 16.7 Å². The molecule has 3 rings (SSSR count). The number of carbonyl (C=O) groups excluding carboxylic acids is 1. The Morgan fingerprint density at radius 1 is 1.26 bits per heavy atom. The lowest BCUT2D eigenvalue weighted by molar-refractivity contribution is -0.124. The van der Waals surface area contributed by atoms with E-state index in [9.17, 15) is 10.1 Å². The number of nitrogens with one attached hydrogen (secondary N) is 1. The van der Waals surface area contributed by atoms with Crippen LogP contribution in [0.2, 0.25) is 0 Å². The highest BCUT2D eigenvalue weighted by atomic mass is 16.5. The van der Waals surface area contributed by atoms with Crippen LogP contribution in [-0.4, -0.2) is 25.2 Å². The maximum atomic E-state index is 12.5. The molecular formula is C18H22N2O3. The molecule has 1 aliphatic heterocycles.